The summed E-state index contributed by atoms with van der Waals surface area (Å²) in [5.41, 5.74) is 1.30. The second-order valence-corrected chi connectivity index (χ2v) is 6.47. The summed E-state index contributed by atoms with van der Waals surface area (Å²) < 4.78 is 5.11. The van der Waals surface area contributed by atoms with Gasteiger partial charge in [0.2, 0.25) is 5.91 Å². The van der Waals surface area contributed by atoms with Gasteiger partial charge in [0.05, 0.1) is 7.11 Å². The lowest BCUT2D eigenvalue weighted by Crippen LogP contribution is -2.52. The van der Waals surface area contributed by atoms with Gasteiger partial charge in [-0.05, 0) is 30.4 Å². The van der Waals surface area contributed by atoms with Crippen molar-refractivity contribution in [2.24, 2.45) is 0 Å². The number of nitrogens with zero attached hydrogens (tertiary/aromatic N) is 1. The highest BCUT2D eigenvalue weighted by atomic mass is 16.5. The summed E-state index contributed by atoms with van der Waals surface area (Å²) in [6, 6.07) is 19.8. The summed E-state index contributed by atoms with van der Waals surface area (Å²) in [5.74, 6) is -0.299. The van der Waals surface area contributed by atoms with Crippen LogP contribution in [0.3, 0.4) is 0 Å². The van der Waals surface area contributed by atoms with Crippen molar-refractivity contribution in [2.75, 3.05) is 7.11 Å². The van der Waals surface area contributed by atoms with Crippen molar-refractivity contribution in [3.8, 4) is 0 Å². The SMILES string of the molecule is COC(=O)C1(CCc2ccccc2)CCC(=O)N1Cc1ccccc1. The molecule has 1 amide bonds. The Morgan fingerprint density at radius 3 is 2.24 bits per heavy atom. The summed E-state index contributed by atoms with van der Waals surface area (Å²) in [7, 11) is 1.40. The Hall–Kier alpha value is -2.62. The number of esters is 1. The molecule has 0 aliphatic carbocycles. The molecule has 0 spiro atoms. The molecule has 3 rings (SSSR count). The van der Waals surface area contributed by atoms with Crippen LogP contribution in [-0.2, 0) is 27.3 Å². The van der Waals surface area contributed by atoms with Crippen LogP contribution in [0.5, 0.6) is 0 Å². The summed E-state index contributed by atoms with van der Waals surface area (Å²) in [6.45, 7) is 0.434. The van der Waals surface area contributed by atoms with E-state index >= 15 is 0 Å². The Bertz CT molecular complexity index is 729. The van der Waals surface area contributed by atoms with Gasteiger partial charge in [0.1, 0.15) is 5.54 Å². The fourth-order valence-corrected chi connectivity index (χ4v) is 3.59. The second kappa shape index (κ2) is 7.51. The molecule has 4 heteroatoms. The highest BCUT2D eigenvalue weighted by Crippen LogP contribution is 2.37. The number of amides is 1. The van der Waals surface area contributed by atoms with Gasteiger partial charge >= 0.3 is 5.97 Å². The quantitative estimate of drug-likeness (QED) is 0.760. The summed E-state index contributed by atoms with van der Waals surface area (Å²) in [6.07, 6.45) is 2.20. The smallest absolute Gasteiger partial charge is 0.331 e. The van der Waals surface area contributed by atoms with Crippen molar-refractivity contribution in [1.29, 1.82) is 0 Å². The maximum absolute atomic E-state index is 12.7. The number of hydrogen-bond acceptors (Lipinski definition) is 3. The van der Waals surface area contributed by atoms with E-state index in [-0.39, 0.29) is 11.9 Å². The van der Waals surface area contributed by atoms with Gasteiger partial charge in [-0.25, -0.2) is 4.79 Å². The number of ether oxygens (including phenoxy) is 1. The molecule has 1 heterocycles. The molecule has 0 aromatic heterocycles. The third-order valence-corrected chi connectivity index (χ3v) is 4.99. The van der Waals surface area contributed by atoms with Gasteiger partial charge < -0.3 is 9.64 Å². The Balaban J connectivity index is 1.86. The van der Waals surface area contributed by atoms with E-state index in [1.807, 2.05) is 60.7 Å². The van der Waals surface area contributed by atoms with Crippen LogP contribution >= 0.6 is 0 Å². The van der Waals surface area contributed by atoms with Gasteiger partial charge in [0, 0.05) is 13.0 Å². The minimum atomic E-state index is -0.877. The Morgan fingerprint density at radius 2 is 1.64 bits per heavy atom. The number of carbonyl (C=O) groups is 2. The van der Waals surface area contributed by atoms with Crippen LogP contribution in [0.2, 0.25) is 0 Å². The lowest BCUT2D eigenvalue weighted by molar-refractivity contribution is -0.158. The Kier molecular flexibility index (Phi) is 5.17. The summed E-state index contributed by atoms with van der Waals surface area (Å²) >= 11 is 0. The first kappa shape index (κ1) is 17.2. The van der Waals surface area contributed by atoms with Crippen LogP contribution in [-0.4, -0.2) is 29.4 Å². The summed E-state index contributed by atoms with van der Waals surface area (Å²) in [5, 5.41) is 0. The van der Waals surface area contributed by atoms with Crippen molar-refractivity contribution >= 4 is 11.9 Å². The van der Waals surface area contributed by atoms with E-state index in [1.54, 1.807) is 4.90 Å². The predicted molar refractivity (Wildman–Crippen MR) is 95.7 cm³/mol. The normalized spacial score (nSPS) is 19.9. The molecule has 1 aliphatic heterocycles. The third-order valence-electron chi connectivity index (χ3n) is 4.99. The number of carbonyl (C=O) groups excluding carboxylic acids is 2. The van der Waals surface area contributed by atoms with E-state index in [9.17, 15) is 9.59 Å². The number of rotatable bonds is 6. The molecular weight excluding hydrogens is 314 g/mol. The number of aryl methyl sites for hydroxylation is 1. The zero-order valence-electron chi connectivity index (χ0n) is 14.5. The molecular formula is C21H23NO3. The lowest BCUT2D eigenvalue weighted by atomic mass is 9.88. The van der Waals surface area contributed by atoms with Crippen LogP contribution in [0.15, 0.2) is 60.7 Å². The minimum absolute atomic E-state index is 0.0160. The lowest BCUT2D eigenvalue weighted by Gasteiger charge is -2.36. The van der Waals surface area contributed by atoms with Gasteiger partial charge in [0.25, 0.3) is 0 Å². The predicted octanol–water partition coefficient (Wildman–Crippen LogP) is 3.35. The molecule has 1 fully saturated rings. The molecule has 1 unspecified atom stereocenters. The van der Waals surface area contributed by atoms with Crippen molar-refractivity contribution in [2.45, 2.75) is 37.8 Å². The number of methoxy groups -OCH3 is 1. The molecule has 130 valence electrons. The van der Waals surface area contributed by atoms with E-state index in [4.69, 9.17) is 4.74 Å². The van der Waals surface area contributed by atoms with Crippen LogP contribution in [0.25, 0.3) is 0 Å². The van der Waals surface area contributed by atoms with E-state index in [0.29, 0.717) is 25.8 Å². The van der Waals surface area contributed by atoms with Crippen molar-refractivity contribution in [1.82, 2.24) is 4.90 Å². The topological polar surface area (TPSA) is 46.6 Å². The van der Waals surface area contributed by atoms with E-state index in [2.05, 4.69) is 0 Å². The van der Waals surface area contributed by atoms with Crippen LogP contribution in [0.1, 0.15) is 30.4 Å². The molecule has 4 nitrogen and oxygen atoms in total. The molecule has 2 aromatic carbocycles. The molecule has 2 aromatic rings. The first-order chi connectivity index (χ1) is 12.2. The third kappa shape index (κ3) is 3.58. The molecule has 1 saturated heterocycles. The van der Waals surface area contributed by atoms with Crippen LogP contribution in [0, 0.1) is 0 Å². The van der Waals surface area contributed by atoms with Gasteiger partial charge in [-0.2, -0.15) is 0 Å². The molecule has 1 atom stereocenters. The maximum atomic E-state index is 12.7. The van der Waals surface area contributed by atoms with E-state index in [1.165, 1.54) is 7.11 Å². The highest BCUT2D eigenvalue weighted by Gasteiger charge is 2.51. The second-order valence-electron chi connectivity index (χ2n) is 6.47. The van der Waals surface area contributed by atoms with Crippen molar-refractivity contribution < 1.29 is 14.3 Å². The van der Waals surface area contributed by atoms with E-state index in [0.717, 1.165) is 17.5 Å². The molecule has 0 N–H and O–H groups in total. The number of benzene rings is 2. The summed E-state index contributed by atoms with van der Waals surface area (Å²) in [4.78, 5) is 27.0. The van der Waals surface area contributed by atoms with Gasteiger partial charge in [-0.3, -0.25) is 4.79 Å². The van der Waals surface area contributed by atoms with Gasteiger partial charge in [-0.15, -0.1) is 0 Å². The highest BCUT2D eigenvalue weighted by molar-refractivity contribution is 5.91. The van der Waals surface area contributed by atoms with Crippen molar-refractivity contribution in [3.63, 3.8) is 0 Å². The Morgan fingerprint density at radius 1 is 1.04 bits per heavy atom. The molecule has 1 aliphatic rings. The minimum Gasteiger partial charge on any atom is -0.467 e. The number of hydrogen-bond donors (Lipinski definition) is 0. The maximum Gasteiger partial charge on any atom is 0.331 e. The van der Waals surface area contributed by atoms with Crippen LogP contribution in [0.4, 0.5) is 0 Å². The first-order valence-corrected chi connectivity index (χ1v) is 8.62. The van der Waals surface area contributed by atoms with Gasteiger partial charge in [-0.1, -0.05) is 60.7 Å². The molecule has 0 radical (unpaired) electrons. The fourth-order valence-electron chi connectivity index (χ4n) is 3.59. The molecule has 25 heavy (non-hydrogen) atoms. The largest absolute Gasteiger partial charge is 0.467 e. The zero-order chi connectivity index (χ0) is 17.7. The monoisotopic (exact) mass is 337 g/mol. The molecule has 0 saturated carbocycles. The average Bonchev–Trinajstić information content (AvgIpc) is 2.98. The number of likely N-dealkylation sites (tertiary alicyclic amines) is 1. The van der Waals surface area contributed by atoms with E-state index < -0.39 is 5.54 Å². The Labute approximate surface area is 148 Å². The zero-order valence-corrected chi connectivity index (χ0v) is 14.5. The van der Waals surface area contributed by atoms with Crippen LogP contribution < -0.4 is 0 Å². The molecule has 0 bridgehead atoms. The average molecular weight is 337 g/mol. The fraction of sp³-hybridized carbons (Fsp3) is 0.333. The standard InChI is InChI=1S/C21H23NO3/c1-25-20(24)21(14-12-17-8-4-2-5-9-17)15-13-19(23)22(21)16-18-10-6-3-7-11-18/h2-11H,12-16H2,1H3. The van der Waals surface area contributed by atoms with Gasteiger partial charge in [0.15, 0.2) is 0 Å². The van der Waals surface area contributed by atoms with Crippen molar-refractivity contribution in [3.05, 3.63) is 71.8 Å². The first-order valence-electron chi connectivity index (χ1n) is 8.62.